The predicted octanol–water partition coefficient (Wildman–Crippen LogP) is 7.03. The van der Waals surface area contributed by atoms with E-state index in [-0.39, 0.29) is 31.1 Å². The Morgan fingerprint density at radius 3 is 2.23 bits per heavy atom. The van der Waals surface area contributed by atoms with E-state index in [1.54, 1.807) is 55.6 Å². The normalized spacial score (nSPS) is 21.1. The summed E-state index contributed by atoms with van der Waals surface area (Å²) < 4.78 is 81.6. The van der Waals surface area contributed by atoms with Crippen LogP contribution in [0.15, 0.2) is 78.0 Å². The molecule has 1 aromatic heterocycles. The number of phenolic OH excluding ortho intramolecular Hbond substituents is 1. The molecule has 1 aliphatic carbocycles. The van der Waals surface area contributed by atoms with Crippen LogP contribution in [-0.2, 0) is 21.9 Å². The number of aromatic hydroxyl groups is 1. The first kappa shape index (κ1) is 34.8. The summed E-state index contributed by atoms with van der Waals surface area (Å²) >= 11 is 0. The second kappa shape index (κ2) is 13.6. The molecule has 2 amide bonds. The van der Waals surface area contributed by atoms with Crippen LogP contribution in [0.1, 0.15) is 55.0 Å². The van der Waals surface area contributed by atoms with Crippen LogP contribution in [0.25, 0.3) is 11.6 Å². The number of anilines is 1. The van der Waals surface area contributed by atoms with E-state index >= 15 is 0 Å². The first-order chi connectivity index (χ1) is 22.6. The number of carbonyl (C=O) groups is 2. The molecular formula is C35H32F6N2O5. The molecule has 254 valence electrons. The van der Waals surface area contributed by atoms with Gasteiger partial charge in [0.15, 0.2) is 0 Å². The van der Waals surface area contributed by atoms with Crippen LogP contribution in [0.2, 0.25) is 0 Å². The number of imide groups is 1. The minimum absolute atomic E-state index is 0.0500. The summed E-state index contributed by atoms with van der Waals surface area (Å²) in [7, 11) is 0. The number of halogens is 6. The summed E-state index contributed by atoms with van der Waals surface area (Å²) in [5.74, 6) is -5.55. The van der Waals surface area contributed by atoms with Gasteiger partial charge in [-0.1, -0.05) is 30.7 Å². The van der Waals surface area contributed by atoms with Crippen molar-refractivity contribution in [2.24, 2.45) is 17.8 Å². The van der Waals surface area contributed by atoms with Gasteiger partial charge in [0.2, 0.25) is 11.8 Å². The van der Waals surface area contributed by atoms with Gasteiger partial charge in [0.05, 0.1) is 47.1 Å². The number of aliphatic hydroxyl groups excluding tert-OH is 2. The summed E-state index contributed by atoms with van der Waals surface area (Å²) in [5, 5.41) is 32.0. The van der Waals surface area contributed by atoms with Crippen LogP contribution in [0, 0.1) is 17.8 Å². The summed E-state index contributed by atoms with van der Waals surface area (Å²) in [5.41, 5.74) is -1.34. The van der Waals surface area contributed by atoms with Gasteiger partial charge in [-0.3, -0.25) is 14.6 Å². The fourth-order valence-electron chi connectivity index (χ4n) is 6.71. The number of alkyl halides is 6. The highest BCUT2D eigenvalue weighted by atomic mass is 19.4. The van der Waals surface area contributed by atoms with Gasteiger partial charge < -0.3 is 15.3 Å². The molecule has 0 saturated carbocycles. The number of carbonyl (C=O) groups excluding carboxylic acids is 2. The van der Waals surface area contributed by atoms with Crippen LogP contribution >= 0.6 is 0 Å². The van der Waals surface area contributed by atoms with Crippen molar-refractivity contribution in [2.45, 2.75) is 51.1 Å². The van der Waals surface area contributed by atoms with Gasteiger partial charge in [0, 0.05) is 12.1 Å². The second-order valence-corrected chi connectivity index (χ2v) is 11.8. The number of amides is 2. The van der Waals surface area contributed by atoms with Crippen molar-refractivity contribution in [3.8, 4) is 5.75 Å². The Morgan fingerprint density at radius 2 is 1.67 bits per heavy atom. The minimum atomic E-state index is -5.19. The van der Waals surface area contributed by atoms with E-state index in [0.717, 1.165) is 0 Å². The summed E-state index contributed by atoms with van der Waals surface area (Å²) in [4.78, 5) is 32.1. The van der Waals surface area contributed by atoms with Crippen molar-refractivity contribution >= 4 is 29.2 Å². The highest BCUT2D eigenvalue weighted by Crippen LogP contribution is 2.49. The van der Waals surface area contributed by atoms with Crippen LogP contribution in [0.4, 0.5) is 32.0 Å². The number of phenols is 1. The van der Waals surface area contributed by atoms with E-state index < -0.39 is 71.4 Å². The Kier molecular flexibility index (Phi) is 9.84. The molecule has 4 atom stereocenters. The van der Waals surface area contributed by atoms with Crippen molar-refractivity contribution in [2.75, 3.05) is 11.5 Å². The molecule has 5 rings (SSSR count). The van der Waals surface area contributed by atoms with Crippen molar-refractivity contribution < 1.29 is 51.3 Å². The molecule has 3 N–H and O–H groups in total. The number of aromatic nitrogens is 1. The van der Waals surface area contributed by atoms with Crippen LogP contribution in [0.3, 0.4) is 0 Å². The van der Waals surface area contributed by atoms with E-state index in [0.29, 0.717) is 51.4 Å². The lowest BCUT2D eigenvalue weighted by molar-refractivity contribution is -0.143. The van der Waals surface area contributed by atoms with E-state index in [1.165, 1.54) is 6.07 Å². The standard InChI is InChI=1S/C35H32F6N2O5/c1-2-20-14-26-31(33(48)43(32(26)47)24-16-22(34(36,37)38)15-23(17-24)35(39,40)41)27(18-44)30(20)29(46)10-9-21(28-8-3-4-11-42-28)12-19-6-5-7-25(45)13-19/h3-8,11-13,15-17,26-27,29,31,44-46H,2,9-10,14,18H2,1H3/b21-12-/t26-,27+,29-,31-/m1/s1. The molecule has 0 bridgehead atoms. The Morgan fingerprint density at radius 1 is 0.979 bits per heavy atom. The number of allylic oxidation sites excluding steroid dienone is 2. The van der Waals surface area contributed by atoms with Gasteiger partial charge in [0.1, 0.15) is 5.75 Å². The van der Waals surface area contributed by atoms with Gasteiger partial charge in [-0.05, 0) is 90.9 Å². The molecule has 7 nitrogen and oxygen atoms in total. The zero-order valence-electron chi connectivity index (χ0n) is 25.6. The molecule has 2 aliphatic rings. The summed E-state index contributed by atoms with van der Waals surface area (Å²) in [6.07, 6.45) is -7.64. The molecule has 0 spiro atoms. The molecule has 13 heteroatoms. The quantitative estimate of drug-likeness (QED) is 0.128. The lowest BCUT2D eigenvalue weighted by Gasteiger charge is -2.36. The first-order valence-corrected chi connectivity index (χ1v) is 15.2. The van der Waals surface area contributed by atoms with Gasteiger partial charge >= 0.3 is 12.4 Å². The fourth-order valence-corrected chi connectivity index (χ4v) is 6.71. The zero-order valence-corrected chi connectivity index (χ0v) is 25.6. The topological polar surface area (TPSA) is 111 Å². The molecule has 1 aliphatic heterocycles. The highest BCUT2D eigenvalue weighted by molar-refractivity contribution is 6.22. The van der Waals surface area contributed by atoms with Crippen molar-refractivity contribution in [3.05, 3.63) is 100 Å². The average molecular weight is 675 g/mol. The number of rotatable bonds is 9. The Labute approximate surface area is 271 Å². The first-order valence-electron chi connectivity index (χ1n) is 15.2. The van der Waals surface area contributed by atoms with E-state index in [9.17, 15) is 51.3 Å². The van der Waals surface area contributed by atoms with Crippen molar-refractivity contribution in [1.82, 2.24) is 4.98 Å². The molecule has 1 saturated heterocycles. The van der Waals surface area contributed by atoms with E-state index in [2.05, 4.69) is 4.98 Å². The van der Waals surface area contributed by atoms with Gasteiger partial charge in [-0.15, -0.1) is 0 Å². The SMILES string of the molecule is CCC1=C([C@H](O)CC/C(=C/c2cccc(O)c2)c2ccccn2)[C@H](CO)[C@@H]2C(=O)N(c3cc(C(F)(F)F)cc(C(F)(F)F)c3)C(=O)[C@@H]2C1. The molecular weight excluding hydrogens is 642 g/mol. The monoisotopic (exact) mass is 674 g/mol. The lowest BCUT2D eigenvalue weighted by Crippen LogP contribution is -2.39. The van der Waals surface area contributed by atoms with Gasteiger partial charge in [-0.25, -0.2) is 4.90 Å². The maximum absolute atomic E-state index is 13.8. The predicted molar refractivity (Wildman–Crippen MR) is 164 cm³/mol. The largest absolute Gasteiger partial charge is 0.508 e. The van der Waals surface area contributed by atoms with Crippen LogP contribution < -0.4 is 4.90 Å². The zero-order chi connectivity index (χ0) is 35.0. The average Bonchev–Trinajstić information content (AvgIpc) is 3.29. The molecule has 48 heavy (non-hydrogen) atoms. The fraction of sp³-hybridized carbons (Fsp3) is 0.343. The van der Waals surface area contributed by atoms with Crippen LogP contribution in [0.5, 0.6) is 5.75 Å². The van der Waals surface area contributed by atoms with Crippen molar-refractivity contribution in [1.29, 1.82) is 0 Å². The molecule has 1 fully saturated rings. The van der Waals surface area contributed by atoms with Gasteiger partial charge in [0.25, 0.3) is 0 Å². The molecule has 2 aromatic carbocycles. The number of hydrogen-bond donors (Lipinski definition) is 3. The van der Waals surface area contributed by atoms with E-state index in [1.807, 2.05) is 0 Å². The van der Waals surface area contributed by atoms with E-state index in [4.69, 9.17) is 0 Å². The number of benzene rings is 2. The van der Waals surface area contributed by atoms with Gasteiger partial charge in [-0.2, -0.15) is 26.3 Å². The smallest absolute Gasteiger partial charge is 0.416 e. The third kappa shape index (κ3) is 7.02. The Bertz CT molecular complexity index is 1720. The maximum atomic E-state index is 13.8. The minimum Gasteiger partial charge on any atom is -0.508 e. The number of nitrogens with zero attached hydrogens (tertiary/aromatic N) is 2. The molecule has 3 aromatic rings. The number of hydrogen-bond acceptors (Lipinski definition) is 6. The Balaban J connectivity index is 1.47. The second-order valence-electron chi connectivity index (χ2n) is 11.8. The number of aliphatic hydroxyl groups is 2. The molecule has 0 unspecified atom stereocenters. The summed E-state index contributed by atoms with van der Waals surface area (Å²) in [6, 6.07) is 12.4. The molecule has 2 heterocycles. The Hall–Kier alpha value is -4.49. The third-order valence-corrected chi connectivity index (χ3v) is 8.89. The number of fused-ring (bicyclic) bond motifs is 1. The lowest BCUT2D eigenvalue weighted by atomic mass is 9.67. The summed E-state index contributed by atoms with van der Waals surface area (Å²) in [6.45, 7) is 1.05. The maximum Gasteiger partial charge on any atom is 0.416 e. The third-order valence-electron chi connectivity index (χ3n) is 8.89. The molecule has 0 radical (unpaired) electrons. The van der Waals surface area contributed by atoms with Crippen LogP contribution in [-0.4, -0.2) is 44.8 Å². The highest BCUT2D eigenvalue weighted by Gasteiger charge is 2.55. The number of pyridine rings is 1. The van der Waals surface area contributed by atoms with Crippen molar-refractivity contribution in [3.63, 3.8) is 0 Å².